The highest BCUT2D eigenvalue weighted by Crippen LogP contribution is 2.62. The molecule has 1 unspecified atom stereocenters. The van der Waals surface area contributed by atoms with E-state index in [1.165, 1.54) is 16.7 Å². The minimum absolute atomic E-state index is 0.297. The van der Waals surface area contributed by atoms with Gasteiger partial charge in [0.15, 0.2) is 0 Å². The number of hydrogen-bond donors (Lipinski definition) is 2. The Hall–Kier alpha value is -3.85. The fourth-order valence-electron chi connectivity index (χ4n) is 5.29. The van der Waals surface area contributed by atoms with Crippen LogP contribution >= 0.6 is 0 Å². The fourth-order valence-corrected chi connectivity index (χ4v) is 5.29. The molecule has 0 amide bonds. The molecule has 0 saturated heterocycles. The molecule has 3 heteroatoms. The Morgan fingerprint density at radius 3 is 1.79 bits per heavy atom. The monoisotopic (exact) mass is 375 g/mol. The van der Waals surface area contributed by atoms with Crippen LogP contribution in [0.3, 0.4) is 0 Å². The molecular weight excluding hydrogens is 358 g/mol. The van der Waals surface area contributed by atoms with E-state index in [1.54, 1.807) is 6.07 Å². The van der Waals surface area contributed by atoms with Crippen LogP contribution in [0, 0.1) is 0 Å². The van der Waals surface area contributed by atoms with E-state index in [0.717, 1.165) is 27.8 Å². The smallest absolute Gasteiger partial charge is 0.335 e. The number of hydrogen-bond acceptors (Lipinski definition) is 2. The number of benzene rings is 4. The molecule has 2 aliphatic rings. The fraction of sp³-hybridized carbons (Fsp3) is 0.0385. The van der Waals surface area contributed by atoms with Crippen molar-refractivity contribution in [1.82, 2.24) is 0 Å². The molecule has 6 rings (SSSR count). The van der Waals surface area contributed by atoms with Crippen molar-refractivity contribution in [2.24, 2.45) is 0 Å². The van der Waals surface area contributed by atoms with Crippen LogP contribution in [0.1, 0.15) is 32.6 Å². The Kier molecular flexibility index (Phi) is 2.98. The quantitative estimate of drug-likeness (QED) is 0.383. The van der Waals surface area contributed by atoms with Crippen molar-refractivity contribution in [3.05, 3.63) is 113 Å². The van der Waals surface area contributed by atoms with E-state index in [9.17, 15) is 9.90 Å². The molecule has 1 spiro atoms. The number of nitrogens with two attached hydrogens (primary N) is 1. The molecule has 0 aliphatic heterocycles. The van der Waals surface area contributed by atoms with Gasteiger partial charge in [-0.3, -0.25) is 0 Å². The maximum absolute atomic E-state index is 11.8. The summed E-state index contributed by atoms with van der Waals surface area (Å²) in [5, 5.41) is 9.68. The van der Waals surface area contributed by atoms with E-state index in [1.807, 2.05) is 30.3 Å². The lowest BCUT2D eigenvalue weighted by Crippen LogP contribution is -2.26. The van der Waals surface area contributed by atoms with Crippen LogP contribution in [0.4, 0.5) is 5.69 Å². The predicted molar refractivity (Wildman–Crippen MR) is 114 cm³/mol. The van der Waals surface area contributed by atoms with Crippen molar-refractivity contribution < 1.29 is 9.90 Å². The first-order chi connectivity index (χ1) is 14.1. The van der Waals surface area contributed by atoms with E-state index >= 15 is 0 Å². The molecule has 3 N–H and O–H groups in total. The highest BCUT2D eigenvalue weighted by Gasteiger charge is 2.51. The van der Waals surface area contributed by atoms with Gasteiger partial charge in [0.05, 0.1) is 11.0 Å². The van der Waals surface area contributed by atoms with Gasteiger partial charge in [-0.2, -0.15) is 0 Å². The molecule has 0 radical (unpaired) electrons. The summed E-state index contributed by atoms with van der Waals surface area (Å²) < 4.78 is 0. The summed E-state index contributed by atoms with van der Waals surface area (Å²) in [6.07, 6.45) is 0. The number of rotatable bonds is 1. The topological polar surface area (TPSA) is 63.3 Å². The predicted octanol–water partition coefficient (Wildman–Crippen LogP) is 5.31. The van der Waals surface area contributed by atoms with Crippen molar-refractivity contribution in [1.29, 1.82) is 0 Å². The summed E-state index contributed by atoms with van der Waals surface area (Å²) in [4.78, 5) is 11.8. The molecular formula is C26H17NO2. The van der Waals surface area contributed by atoms with E-state index in [-0.39, 0.29) is 0 Å². The second kappa shape index (κ2) is 5.36. The Balaban J connectivity index is 1.85. The third-order valence-electron chi connectivity index (χ3n) is 6.36. The Morgan fingerprint density at radius 2 is 1.17 bits per heavy atom. The number of carboxylic acids is 1. The normalized spacial score (nSPS) is 17.5. The van der Waals surface area contributed by atoms with Crippen molar-refractivity contribution in [3.63, 3.8) is 0 Å². The van der Waals surface area contributed by atoms with Gasteiger partial charge < -0.3 is 10.8 Å². The van der Waals surface area contributed by atoms with Crippen LogP contribution in [0.2, 0.25) is 0 Å². The van der Waals surface area contributed by atoms with Gasteiger partial charge in [0.25, 0.3) is 0 Å². The lowest BCUT2D eigenvalue weighted by molar-refractivity contribution is 0.0696. The molecule has 3 nitrogen and oxygen atoms in total. The lowest BCUT2D eigenvalue weighted by atomic mass is 9.70. The molecule has 29 heavy (non-hydrogen) atoms. The summed E-state index contributed by atoms with van der Waals surface area (Å²) in [5.74, 6) is -0.919. The second-order valence-corrected chi connectivity index (χ2v) is 7.71. The van der Waals surface area contributed by atoms with Crippen molar-refractivity contribution >= 4 is 11.7 Å². The SMILES string of the molecule is Nc1ccc2c(c1)C1(c3ccccc3-2)c2ccccc2-c2ccc(C(=O)O)cc21. The number of aromatic carboxylic acids is 1. The van der Waals surface area contributed by atoms with Crippen LogP contribution in [0.15, 0.2) is 84.9 Å². The van der Waals surface area contributed by atoms with Gasteiger partial charge in [0.1, 0.15) is 0 Å². The third kappa shape index (κ3) is 1.84. The maximum atomic E-state index is 11.8. The number of carbonyl (C=O) groups is 1. The van der Waals surface area contributed by atoms with E-state index in [0.29, 0.717) is 11.3 Å². The number of fused-ring (bicyclic) bond motifs is 10. The van der Waals surface area contributed by atoms with Gasteiger partial charge in [-0.1, -0.05) is 60.7 Å². The van der Waals surface area contributed by atoms with Crippen molar-refractivity contribution in [2.45, 2.75) is 5.41 Å². The van der Waals surface area contributed by atoms with Crippen LogP contribution in [0.25, 0.3) is 22.3 Å². The minimum atomic E-state index is -0.919. The summed E-state index contributed by atoms with van der Waals surface area (Å²) in [5.41, 5.74) is 15.7. The molecule has 2 aliphatic carbocycles. The van der Waals surface area contributed by atoms with Crippen molar-refractivity contribution in [2.75, 3.05) is 5.73 Å². The van der Waals surface area contributed by atoms with Gasteiger partial charge in [-0.15, -0.1) is 0 Å². The highest BCUT2D eigenvalue weighted by molar-refractivity contribution is 5.97. The van der Waals surface area contributed by atoms with Crippen LogP contribution in [-0.4, -0.2) is 11.1 Å². The third-order valence-corrected chi connectivity index (χ3v) is 6.36. The zero-order valence-electron chi connectivity index (χ0n) is 15.5. The van der Waals surface area contributed by atoms with Gasteiger partial charge in [-0.25, -0.2) is 4.79 Å². The molecule has 4 aromatic rings. The molecule has 0 bridgehead atoms. The van der Waals surface area contributed by atoms with E-state index in [2.05, 4.69) is 48.5 Å². The average Bonchev–Trinajstić information content (AvgIpc) is 3.20. The van der Waals surface area contributed by atoms with Gasteiger partial charge in [-0.05, 0) is 68.8 Å². The summed E-state index contributed by atoms with van der Waals surface area (Å²) >= 11 is 0. The first-order valence-corrected chi connectivity index (χ1v) is 9.60. The highest BCUT2D eigenvalue weighted by atomic mass is 16.4. The number of nitrogen functional groups attached to an aromatic ring is 1. The van der Waals surface area contributed by atoms with Crippen molar-refractivity contribution in [3.8, 4) is 22.3 Å². The lowest BCUT2D eigenvalue weighted by Gasteiger charge is -2.30. The van der Waals surface area contributed by atoms with Crippen LogP contribution < -0.4 is 5.73 Å². The number of anilines is 1. The molecule has 0 fully saturated rings. The largest absolute Gasteiger partial charge is 0.478 e. The molecule has 0 saturated carbocycles. The molecule has 0 aromatic heterocycles. The summed E-state index contributed by atoms with van der Waals surface area (Å²) in [6, 6.07) is 28.3. The Morgan fingerprint density at radius 1 is 0.655 bits per heavy atom. The number of carboxylic acid groups (broad SMARTS) is 1. The first kappa shape index (κ1) is 16.1. The summed E-state index contributed by atoms with van der Waals surface area (Å²) in [7, 11) is 0. The van der Waals surface area contributed by atoms with Gasteiger partial charge >= 0.3 is 5.97 Å². The van der Waals surface area contributed by atoms with Gasteiger partial charge in [0.2, 0.25) is 0 Å². The second-order valence-electron chi connectivity index (χ2n) is 7.71. The van der Waals surface area contributed by atoms with E-state index in [4.69, 9.17) is 5.73 Å². The average molecular weight is 375 g/mol. The zero-order chi connectivity index (χ0) is 19.8. The van der Waals surface area contributed by atoms with Gasteiger partial charge in [0, 0.05) is 5.69 Å². The zero-order valence-corrected chi connectivity index (χ0v) is 15.5. The Bertz CT molecular complexity index is 1340. The molecule has 1 atom stereocenters. The first-order valence-electron chi connectivity index (χ1n) is 9.60. The Labute approximate surface area is 168 Å². The van der Waals surface area contributed by atoms with Crippen LogP contribution in [0.5, 0.6) is 0 Å². The van der Waals surface area contributed by atoms with E-state index < -0.39 is 11.4 Å². The molecule has 138 valence electrons. The molecule has 4 aromatic carbocycles. The standard InChI is InChI=1S/C26H17NO2/c27-16-10-12-20-18-6-2-4-8-22(18)26(24(20)14-16)21-7-3-1-5-17(21)19-11-9-15(25(28)29)13-23(19)26/h1-14H,27H2,(H,28,29). The summed E-state index contributed by atoms with van der Waals surface area (Å²) in [6.45, 7) is 0. The maximum Gasteiger partial charge on any atom is 0.335 e. The minimum Gasteiger partial charge on any atom is -0.478 e. The van der Waals surface area contributed by atoms with Crippen LogP contribution in [-0.2, 0) is 5.41 Å². The molecule has 0 heterocycles.